The highest BCUT2D eigenvalue weighted by atomic mass is 19.3. The Balaban J connectivity index is 2.40. The summed E-state index contributed by atoms with van der Waals surface area (Å²) >= 11 is 0. The van der Waals surface area contributed by atoms with Crippen LogP contribution in [0, 0.1) is 0 Å². The van der Waals surface area contributed by atoms with E-state index in [1.165, 1.54) is 0 Å². The molecule has 0 aromatic carbocycles. The Morgan fingerprint density at radius 3 is 2.13 bits per heavy atom. The summed E-state index contributed by atoms with van der Waals surface area (Å²) < 4.78 is 39.8. The lowest BCUT2D eigenvalue weighted by Gasteiger charge is -2.46. The molecule has 168 valence electrons. The molecule has 2 rings (SSSR count). The summed E-state index contributed by atoms with van der Waals surface area (Å²) in [7, 11) is 0. The minimum Gasteiger partial charge on any atom is -0.390 e. The molecule has 3 N–H and O–H groups in total. The van der Waals surface area contributed by atoms with Crippen molar-refractivity contribution in [2.24, 2.45) is 20.5 Å². The van der Waals surface area contributed by atoms with Crippen LogP contribution in [0.2, 0.25) is 0 Å². The molecule has 9 atom stereocenters. The molecule has 2 aliphatic rings. The predicted molar refractivity (Wildman–Crippen MR) is 93.9 cm³/mol. The molecule has 1 aliphatic carbocycles. The van der Waals surface area contributed by atoms with Gasteiger partial charge in [0.05, 0.1) is 36.9 Å². The molecule has 0 aromatic rings. The maximum absolute atomic E-state index is 14.7. The van der Waals surface area contributed by atoms with Crippen molar-refractivity contribution in [3.8, 4) is 0 Å². The molecule has 0 spiro atoms. The van der Waals surface area contributed by atoms with E-state index in [-0.39, 0.29) is 6.42 Å². The highest BCUT2D eigenvalue weighted by molar-refractivity contribution is 5.04. The van der Waals surface area contributed by atoms with Crippen molar-refractivity contribution < 1.29 is 33.6 Å². The third-order valence-corrected chi connectivity index (χ3v) is 4.84. The summed E-state index contributed by atoms with van der Waals surface area (Å²) in [5.74, 6) is -4.11. The Kier molecular flexibility index (Phi) is 8.01. The van der Waals surface area contributed by atoms with Crippen molar-refractivity contribution in [3.05, 3.63) is 41.8 Å². The average molecular weight is 446 g/mol. The number of halogens is 2. The summed E-state index contributed by atoms with van der Waals surface area (Å²) in [4.78, 5) is 9.75. The van der Waals surface area contributed by atoms with E-state index in [4.69, 9.17) is 31.6 Å². The van der Waals surface area contributed by atoms with E-state index in [1.807, 2.05) is 0 Å². The molecule has 1 saturated heterocycles. The van der Waals surface area contributed by atoms with Crippen molar-refractivity contribution in [1.29, 1.82) is 0 Å². The molecule has 0 aromatic heterocycles. The van der Waals surface area contributed by atoms with Crippen LogP contribution in [0.1, 0.15) is 6.42 Å². The van der Waals surface area contributed by atoms with Gasteiger partial charge in [-0.25, -0.2) is 8.78 Å². The largest absolute Gasteiger partial charge is 0.390 e. The smallest absolute Gasteiger partial charge is 0.289 e. The number of hydrogen-bond donors (Lipinski definition) is 3. The lowest BCUT2D eigenvalue weighted by Crippen LogP contribution is -2.65. The van der Waals surface area contributed by atoms with Crippen molar-refractivity contribution in [2.45, 2.75) is 67.3 Å². The van der Waals surface area contributed by atoms with Crippen LogP contribution < -0.4 is 0 Å². The van der Waals surface area contributed by atoms with Gasteiger partial charge in [-0.05, 0) is 28.5 Å². The Hall–Kier alpha value is -3.10. The van der Waals surface area contributed by atoms with E-state index in [1.54, 1.807) is 0 Å². The first-order valence-corrected chi connectivity index (χ1v) is 8.59. The van der Waals surface area contributed by atoms with Crippen molar-refractivity contribution in [3.63, 3.8) is 0 Å². The summed E-state index contributed by atoms with van der Waals surface area (Å²) in [6.45, 7) is -0.731. The quantitative estimate of drug-likeness (QED) is 0.297. The van der Waals surface area contributed by atoms with Crippen molar-refractivity contribution in [2.75, 3.05) is 6.54 Å². The molecule has 1 heterocycles. The second kappa shape index (κ2) is 10.3. The summed E-state index contributed by atoms with van der Waals surface area (Å²) in [6, 6.07) is -4.94. The van der Waals surface area contributed by atoms with Gasteiger partial charge in [-0.1, -0.05) is 20.5 Å². The van der Waals surface area contributed by atoms with Crippen molar-refractivity contribution >= 4 is 0 Å². The van der Waals surface area contributed by atoms with Crippen LogP contribution >= 0.6 is 0 Å². The van der Waals surface area contributed by atoms with Crippen LogP contribution in [0.3, 0.4) is 0 Å². The predicted octanol–water partition coefficient (Wildman–Crippen LogP) is 1.57. The van der Waals surface area contributed by atoms with Gasteiger partial charge in [0.2, 0.25) is 0 Å². The van der Waals surface area contributed by atoms with Gasteiger partial charge in [0.1, 0.15) is 12.2 Å². The zero-order valence-corrected chi connectivity index (χ0v) is 15.4. The summed E-state index contributed by atoms with van der Waals surface area (Å²) in [5, 5.41) is 43.0. The first-order valence-electron chi connectivity index (χ1n) is 8.59. The van der Waals surface area contributed by atoms with E-state index >= 15 is 0 Å². The Labute approximate surface area is 170 Å². The maximum atomic E-state index is 14.7. The molecular weight excluding hydrogens is 430 g/mol. The molecule has 17 nitrogen and oxygen atoms in total. The van der Waals surface area contributed by atoms with E-state index in [2.05, 4.69) is 40.1 Å². The first-order chi connectivity index (χ1) is 14.7. The Morgan fingerprint density at radius 1 is 0.935 bits per heavy atom. The lowest BCUT2D eigenvalue weighted by molar-refractivity contribution is -0.321. The van der Waals surface area contributed by atoms with Crippen LogP contribution in [0.25, 0.3) is 41.8 Å². The van der Waals surface area contributed by atoms with Crippen LogP contribution in [0.15, 0.2) is 20.5 Å². The second-order valence-corrected chi connectivity index (χ2v) is 6.59. The van der Waals surface area contributed by atoms with E-state index < -0.39 is 67.4 Å². The average Bonchev–Trinajstić information content (AvgIpc) is 2.73. The Bertz CT molecular complexity index is 853. The van der Waals surface area contributed by atoms with Crippen molar-refractivity contribution in [1.82, 2.24) is 0 Å². The Morgan fingerprint density at radius 2 is 1.55 bits per heavy atom. The van der Waals surface area contributed by atoms with Gasteiger partial charge in [-0.15, -0.1) is 0 Å². The molecule has 0 radical (unpaired) electrons. The number of nitrogens with zero attached hydrogens (tertiary/aromatic N) is 12. The minimum absolute atomic E-state index is 0.308. The van der Waals surface area contributed by atoms with Crippen LogP contribution in [-0.4, -0.2) is 82.7 Å². The fourth-order valence-electron chi connectivity index (χ4n) is 3.34. The number of aliphatic hydroxyl groups is 3. The van der Waals surface area contributed by atoms with Gasteiger partial charge in [0, 0.05) is 19.6 Å². The van der Waals surface area contributed by atoms with Crippen LogP contribution in [0.4, 0.5) is 8.78 Å². The molecule has 2 fully saturated rings. The number of ether oxygens (including phenoxy) is 2. The lowest BCUT2D eigenvalue weighted by atomic mass is 9.84. The molecule has 0 unspecified atom stereocenters. The molecule has 31 heavy (non-hydrogen) atoms. The SMILES string of the molecule is [N-]=[N+]=NC[C@H]1O[C@H](O[C@H]2[C@H](O)[C@@H](O)[C@H](N=[N+]=[N-])C[C@@H]2N=[N+]=[N-])[C@H](N=[N+]=[N-])C(F)(F)[C@@H]1O. The molecular formula is C12H16F2N12O5. The molecule has 19 heteroatoms. The van der Waals surface area contributed by atoms with E-state index in [9.17, 15) is 24.1 Å². The zero-order valence-electron chi connectivity index (χ0n) is 15.4. The maximum Gasteiger partial charge on any atom is 0.289 e. The monoisotopic (exact) mass is 446 g/mol. The normalized spacial score (nSPS) is 39.1. The first kappa shape index (κ1) is 24.2. The number of rotatable bonds is 7. The topological polar surface area (TPSA) is 274 Å². The standard InChI is InChI=1S/C12H16F2N12O5/c13-12(14)9(22-26-18)11(30-5(10(12)29)2-19-23-15)31-8-4(21-25-17)1-3(20-24-16)6(27)7(8)28/h3-11,27-29H,1-2H2/t3-,4+,5-,6+,7-,8-,9+,10-,11-/m1/s1. The van der Waals surface area contributed by atoms with Gasteiger partial charge < -0.3 is 24.8 Å². The number of alkyl halides is 2. The van der Waals surface area contributed by atoms with Gasteiger partial charge in [-0.3, -0.25) is 0 Å². The summed E-state index contributed by atoms with van der Waals surface area (Å²) in [5.41, 5.74) is 34.4. The molecule has 0 bridgehead atoms. The van der Waals surface area contributed by atoms with E-state index in [0.717, 1.165) is 0 Å². The zero-order chi connectivity index (χ0) is 23.2. The molecule has 1 aliphatic heterocycles. The van der Waals surface area contributed by atoms with Gasteiger partial charge in [0.15, 0.2) is 12.3 Å². The molecule has 1 saturated carbocycles. The van der Waals surface area contributed by atoms with Gasteiger partial charge in [0.25, 0.3) is 5.92 Å². The third kappa shape index (κ3) is 4.98. The summed E-state index contributed by atoms with van der Waals surface area (Å²) in [6.07, 6.45) is -12.0. The van der Waals surface area contributed by atoms with Crippen LogP contribution in [0.5, 0.6) is 0 Å². The highest BCUT2D eigenvalue weighted by Gasteiger charge is 2.59. The third-order valence-electron chi connectivity index (χ3n) is 4.84. The minimum atomic E-state index is -4.11. The number of aliphatic hydroxyl groups excluding tert-OH is 3. The van der Waals surface area contributed by atoms with Gasteiger partial charge >= 0.3 is 0 Å². The van der Waals surface area contributed by atoms with E-state index in [0.29, 0.717) is 0 Å². The fraction of sp³-hybridized carbons (Fsp3) is 1.00. The second-order valence-electron chi connectivity index (χ2n) is 6.59. The fourth-order valence-corrected chi connectivity index (χ4v) is 3.34. The molecule has 0 amide bonds. The number of hydrogen-bond acceptors (Lipinski definition) is 9. The van der Waals surface area contributed by atoms with Gasteiger partial charge in [-0.2, -0.15) is 0 Å². The van der Waals surface area contributed by atoms with Crippen LogP contribution in [-0.2, 0) is 9.47 Å². The number of azide groups is 4. The highest BCUT2D eigenvalue weighted by Crippen LogP contribution is 2.39.